The summed E-state index contributed by atoms with van der Waals surface area (Å²) in [4.78, 5) is 0. The fraction of sp³-hybridized carbons (Fsp3) is 0.400. The van der Waals surface area contributed by atoms with Crippen molar-refractivity contribution in [3.8, 4) is 28.7 Å². The van der Waals surface area contributed by atoms with Crippen LogP contribution in [0.4, 0.5) is 0 Å². The van der Waals surface area contributed by atoms with Crippen LogP contribution >= 0.6 is 0 Å². The number of phenols is 3. The van der Waals surface area contributed by atoms with Crippen LogP contribution in [0.5, 0.6) is 28.7 Å². The Morgan fingerprint density at radius 1 is 0.833 bits per heavy atom. The van der Waals surface area contributed by atoms with Crippen molar-refractivity contribution in [1.82, 2.24) is 0 Å². The Morgan fingerprint density at radius 2 is 1.60 bits per heavy atom. The van der Waals surface area contributed by atoms with Crippen LogP contribution in [0.3, 0.4) is 0 Å². The van der Waals surface area contributed by atoms with Crippen LogP contribution < -0.4 is 9.47 Å². The number of benzene rings is 2. The Labute approximate surface area is 170 Å². The van der Waals surface area contributed by atoms with Crippen molar-refractivity contribution in [3.63, 3.8) is 0 Å². The average Bonchev–Trinajstić information content (AvgIpc) is 2.71. The van der Waals surface area contributed by atoms with Crippen LogP contribution in [0.15, 0.2) is 30.3 Å². The molecule has 0 spiro atoms. The predicted molar refractivity (Wildman–Crippen MR) is 99.3 cm³/mol. The minimum Gasteiger partial charge on any atom is -0.507 e. The monoisotopic (exact) mass is 422 g/mol. The molecule has 10 heteroatoms. The molecular weight excluding hydrogens is 400 g/mol. The Balaban J connectivity index is 1.58. The molecule has 2 heterocycles. The first kappa shape index (κ1) is 20.5. The third-order valence-corrected chi connectivity index (χ3v) is 5.21. The number of ether oxygens (including phenoxy) is 3. The maximum absolute atomic E-state index is 10.5. The largest absolute Gasteiger partial charge is 0.507 e. The SMILES string of the molecule is Oc1ccc([C@@H]2Oc3cc(O[C@@H]4OC[C@H](O)[C@@H](O)[C@@H]4O)cc(O)c3C[C@@H]2O)cc1O. The Bertz CT molecular complexity index is 932. The number of aliphatic hydroxyl groups is 4. The topological polar surface area (TPSA) is 169 Å². The van der Waals surface area contributed by atoms with E-state index < -0.39 is 36.8 Å². The summed E-state index contributed by atoms with van der Waals surface area (Å²) in [6.45, 7) is -0.241. The second-order valence-corrected chi connectivity index (χ2v) is 7.35. The van der Waals surface area contributed by atoms with Gasteiger partial charge in [-0.05, 0) is 17.7 Å². The molecule has 2 aromatic carbocycles. The van der Waals surface area contributed by atoms with E-state index in [2.05, 4.69) is 0 Å². The van der Waals surface area contributed by atoms with E-state index in [9.17, 15) is 35.7 Å². The lowest BCUT2D eigenvalue weighted by molar-refractivity contribution is -0.242. The van der Waals surface area contributed by atoms with Crippen molar-refractivity contribution in [2.45, 2.75) is 43.2 Å². The number of fused-ring (bicyclic) bond motifs is 1. The van der Waals surface area contributed by atoms with E-state index in [0.29, 0.717) is 11.1 Å². The summed E-state index contributed by atoms with van der Waals surface area (Å²) >= 11 is 0. The third-order valence-electron chi connectivity index (χ3n) is 5.21. The highest BCUT2D eigenvalue weighted by Gasteiger charge is 2.39. The van der Waals surface area contributed by atoms with Gasteiger partial charge in [-0.15, -0.1) is 0 Å². The first-order valence-corrected chi connectivity index (χ1v) is 9.29. The summed E-state index contributed by atoms with van der Waals surface area (Å²) in [5.74, 6) is -0.602. The predicted octanol–water partition coefficient (Wildman–Crippen LogP) is -0.342. The maximum atomic E-state index is 10.5. The summed E-state index contributed by atoms with van der Waals surface area (Å²) < 4.78 is 16.5. The molecule has 0 unspecified atom stereocenters. The lowest BCUT2D eigenvalue weighted by atomic mass is 9.94. The molecule has 30 heavy (non-hydrogen) atoms. The minimum atomic E-state index is -1.51. The van der Waals surface area contributed by atoms with E-state index in [0.717, 1.165) is 0 Å². The number of hydrogen-bond donors (Lipinski definition) is 7. The standard InChI is InChI=1S/C20H22O10/c21-11-2-1-8(3-13(11)23)19-14(24)6-10-12(22)4-9(5-16(10)30-19)29-20-18(27)17(26)15(25)7-28-20/h1-5,14-15,17-27H,6-7H2/t14-,15-,17+,18-,19-,20-/m0/s1. The van der Waals surface area contributed by atoms with Crippen LogP contribution in [-0.2, 0) is 11.2 Å². The van der Waals surface area contributed by atoms with Crippen LogP contribution in [0.2, 0.25) is 0 Å². The van der Waals surface area contributed by atoms with Gasteiger partial charge in [-0.3, -0.25) is 0 Å². The number of aromatic hydroxyl groups is 3. The minimum absolute atomic E-state index is 0.0568. The van der Waals surface area contributed by atoms with Gasteiger partial charge < -0.3 is 50.0 Å². The number of phenolic OH excluding ortho intramolecular Hbond substituents is 3. The van der Waals surface area contributed by atoms with Crippen molar-refractivity contribution in [2.75, 3.05) is 6.61 Å². The van der Waals surface area contributed by atoms with E-state index in [-0.39, 0.29) is 41.8 Å². The van der Waals surface area contributed by atoms with Gasteiger partial charge >= 0.3 is 0 Å². The molecule has 0 aromatic heterocycles. The summed E-state index contributed by atoms with van der Waals surface area (Å²) in [6.07, 6.45) is -7.34. The Hall–Kier alpha value is -2.76. The molecule has 0 amide bonds. The molecular formula is C20H22O10. The molecule has 0 bridgehead atoms. The molecule has 2 aromatic rings. The van der Waals surface area contributed by atoms with Crippen LogP contribution in [0, 0.1) is 0 Å². The van der Waals surface area contributed by atoms with Gasteiger partial charge in [-0.1, -0.05) is 6.07 Å². The van der Waals surface area contributed by atoms with Crippen molar-refractivity contribution in [2.24, 2.45) is 0 Å². The summed E-state index contributed by atoms with van der Waals surface area (Å²) in [5, 5.41) is 69.3. The molecule has 4 rings (SSSR count). The molecule has 6 atom stereocenters. The maximum Gasteiger partial charge on any atom is 0.228 e. The first-order valence-electron chi connectivity index (χ1n) is 9.29. The average molecular weight is 422 g/mol. The Morgan fingerprint density at radius 3 is 2.33 bits per heavy atom. The van der Waals surface area contributed by atoms with Crippen molar-refractivity contribution >= 4 is 0 Å². The van der Waals surface area contributed by atoms with Crippen LogP contribution in [-0.4, -0.2) is 73.1 Å². The van der Waals surface area contributed by atoms with Gasteiger partial charge in [0.1, 0.15) is 41.7 Å². The van der Waals surface area contributed by atoms with Crippen molar-refractivity contribution in [3.05, 3.63) is 41.5 Å². The van der Waals surface area contributed by atoms with Gasteiger partial charge in [-0.2, -0.15) is 0 Å². The fourth-order valence-corrected chi connectivity index (χ4v) is 3.54. The fourth-order valence-electron chi connectivity index (χ4n) is 3.54. The molecule has 1 fully saturated rings. The van der Waals surface area contributed by atoms with E-state index in [1.54, 1.807) is 0 Å². The molecule has 10 nitrogen and oxygen atoms in total. The molecule has 0 saturated carbocycles. The summed E-state index contributed by atoms with van der Waals surface area (Å²) in [6, 6.07) is 6.73. The molecule has 1 saturated heterocycles. The molecule has 2 aliphatic rings. The molecule has 0 aliphatic carbocycles. The van der Waals surface area contributed by atoms with E-state index in [1.807, 2.05) is 0 Å². The number of hydrogen-bond acceptors (Lipinski definition) is 10. The van der Waals surface area contributed by atoms with Crippen molar-refractivity contribution in [1.29, 1.82) is 0 Å². The molecule has 0 radical (unpaired) electrons. The highest BCUT2D eigenvalue weighted by molar-refractivity contribution is 5.52. The number of aliphatic hydroxyl groups excluding tert-OH is 4. The molecule has 162 valence electrons. The van der Waals surface area contributed by atoms with Gasteiger partial charge in [0.2, 0.25) is 6.29 Å². The van der Waals surface area contributed by atoms with E-state index in [1.165, 1.54) is 30.3 Å². The van der Waals surface area contributed by atoms with Gasteiger partial charge in [0.25, 0.3) is 0 Å². The Kier molecular flexibility index (Phi) is 5.35. The zero-order chi connectivity index (χ0) is 21.6. The zero-order valence-electron chi connectivity index (χ0n) is 15.6. The highest BCUT2D eigenvalue weighted by Crippen LogP contribution is 2.43. The normalized spacial score (nSPS) is 30.9. The summed E-state index contributed by atoms with van der Waals surface area (Å²) in [5.41, 5.74) is 0.757. The molecule has 2 aliphatic heterocycles. The van der Waals surface area contributed by atoms with E-state index >= 15 is 0 Å². The lowest BCUT2D eigenvalue weighted by Crippen LogP contribution is -2.54. The highest BCUT2D eigenvalue weighted by atomic mass is 16.7. The third kappa shape index (κ3) is 3.71. The van der Waals surface area contributed by atoms with Gasteiger partial charge in [0.05, 0.1) is 12.7 Å². The second-order valence-electron chi connectivity index (χ2n) is 7.35. The number of rotatable bonds is 3. The quantitative estimate of drug-likeness (QED) is 0.325. The molecule has 7 N–H and O–H groups in total. The van der Waals surface area contributed by atoms with Gasteiger partial charge in [0, 0.05) is 24.1 Å². The first-order chi connectivity index (χ1) is 14.2. The van der Waals surface area contributed by atoms with Crippen molar-refractivity contribution < 1.29 is 50.0 Å². The lowest BCUT2D eigenvalue weighted by Gasteiger charge is -2.35. The van der Waals surface area contributed by atoms with Crippen LogP contribution in [0.1, 0.15) is 17.2 Å². The van der Waals surface area contributed by atoms with Crippen LogP contribution in [0.25, 0.3) is 0 Å². The summed E-state index contributed by atoms with van der Waals surface area (Å²) in [7, 11) is 0. The smallest absolute Gasteiger partial charge is 0.228 e. The second kappa shape index (κ2) is 7.82. The van der Waals surface area contributed by atoms with Gasteiger partial charge in [-0.25, -0.2) is 0 Å². The van der Waals surface area contributed by atoms with Gasteiger partial charge in [0.15, 0.2) is 11.5 Å². The van der Waals surface area contributed by atoms with E-state index in [4.69, 9.17) is 14.2 Å². The zero-order valence-corrected chi connectivity index (χ0v) is 15.6.